The smallest absolute Gasteiger partial charge is 0.247 e. The third-order valence-electron chi connectivity index (χ3n) is 4.10. The summed E-state index contributed by atoms with van der Waals surface area (Å²) >= 11 is 0. The Balaban J connectivity index is 1.46. The molecule has 0 aliphatic rings. The number of fused-ring (bicyclic) bond motifs is 3. The largest absolute Gasteiger partial charge is 0.435 e. The Morgan fingerprint density at radius 2 is 1.59 bits per heavy atom. The van der Waals surface area contributed by atoms with Crippen LogP contribution in [0.1, 0.15) is 0 Å². The number of pyridine rings is 3. The Labute approximate surface area is 149 Å². The molecule has 128 valence electrons. The van der Waals surface area contributed by atoms with Gasteiger partial charge in [0.1, 0.15) is 27.9 Å². The van der Waals surface area contributed by atoms with E-state index in [0.717, 1.165) is 0 Å². The number of hydrogen-bond acceptors (Lipinski definition) is 9. The van der Waals surface area contributed by atoms with Gasteiger partial charge in [0.25, 0.3) is 0 Å². The lowest BCUT2D eigenvalue weighted by Crippen LogP contribution is -1.84. The van der Waals surface area contributed by atoms with E-state index in [-0.39, 0.29) is 0 Å². The van der Waals surface area contributed by atoms with Gasteiger partial charge in [-0.1, -0.05) is 0 Å². The monoisotopic (exact) mass is 356 g/mol. The van der Waals surface area contributed by atoms with Crippen LogP contribution in [0.25, 0.3) is 56.6 Å². The van der Waals surface area contributed by atoms with Crippen LogP contribution in [0.3, 0.4) is 0 Å². The van der Waals surface area contributed by atoms with E-state index < -0.39 is 0 Å². The molecular formula is C18H8N6O3. The van der Waals surface area contributed by atoms with Crippen LogP contribution in [0.2, 0.25) is 0 Å². The molecule has 0 bridgehead atoms. The summed E-state index contributed by atoms with van der Waals surface area (Å²) < 4.78 is 16.7. The highest BCUT2D eigenvalue weighted by atomic mass is 16.4. The van der Waals surface area contributed by atoms with Crippen molar-refractivity contribution in [3.8, 4) is 23.2 Å². The molecule has 0 saturated carbocycles. The average Bonchev–Trinajstić information content (AvgIpc) is 3.42. The summed E-state index contributed by atoms with van der Waals surface area (Å²) in [5, 5.41) is 0. The van der Waals surface area contributed by atoms with E-state index >= 15 is 0 Å². The van der Waals surface area contributed by atoms with Gasteiger partial charge in [0.05, 0.1) is 12.4 Å². The van der Waals surface area contributed by atoms with Gasteiger partial charge in [0.2, 0.25) is 17.5 Å². The Bertz CT molecular complexity index is 1410. The molecule has 0 atom stereocenters. The molecule has 9 nitrogen and oxygen atoms in total. The molecule has 0 aromatic carbocycles. The fraction of sp³-hybridized carbons (Fsp3) is 0. The summed E-state index contributed by atoms with van der Waals surface area (Å²) in [6, 6.07) is 7.08. The molecule has 6 aromatic rings. The molecule has 0 aliphatic carbocycles. The molecule has 0 amide bonds. The van der Waals surface area contributed by atoms with Crippen LogP contribution in [0.4, 0.5) is 0 Å². The topological polar surface area (TPSA) is 117 Å². The lowest BCUT2D eigenvalue weighted by atomic mass is 10.3. The van der Waals surface area contributed by atoms with Gasteiger partial charge in [-0.05, 0) is 18.2 Å². The van der Waals surface area contributed by atoms with E-state index in [1.54, 1.807) is 42.9 Å². The van der Waals surface area contributed by atoms with Crippen LogP contribution in [0, 0.1) is 0 Å². The Morgan fingerprint density at radius 3 is 2.56 bits per heavy atom. The van der Waals surface area contributed by atoms with Crippen LogP contribution >= 0.6 is 0 Å². The van der Waals surface area contributed by atoms with E-state index in [1.165, 1.54) is 6.39 Å². The number of nitrogens with zero attached hydrogens (tertiary/aromatic N) is 6. The van der Waals surface area contributed by atoms with Crippen LogP contribution < -0.4 is 0 Å². The van der Waals surface area contributed by atoms with Gasteiger partial charge < -0.3 is 13.3 Å². The van der Waals surface area contributed by atoms with Crippen molar-refractivity contribution in [2.45, 2.75) is 0 Å². The third-order valence-corrected chi connectivity index (χ3v) is 4.10. The van der Waals surface area contributed by atoms with Crippen molar-refractivity contribution >= 4 is 33.4 Å². The Morgan fingerprint density at radius 1 is 0.704 bits per heavy atom. The second kappa shape index (κ2) is 5.18. The second-order valence-electron chi connectivity index (χ2n) is 5.79. The molecule has 6 heterocycles. The quantitative estimate of drug-likeness (QED) is 0.458. The summed E-state index contributed by atoms with van der Waals surface area (Å²) in [5.41, 5.74) is 4.66. The molecule has 0 unspecified atom stereocenters. The molecule has 9 heteroatoms. The van der Waals surface area contributed by atoms with Gasteiger partial charge in [-0.15, -0.1) is 0 Å². The molecule has 0 fully saturated rings. The predicted molar refractivity (Wildman–Crippen MR) is 93.4 cm³/mol. The molecule has 6 rings (SSSR count). The van der Waals surface area contributed by atoms with Crippen molar-refractivity contribution in [2.75, 3.05) is 0 Å². The third kappa shape index (κ3) is 2.18. The molecular weight excluding hydrogens is 348 g/mol. The van der Waals surface area contributed by atoms with Crippen LogP contribution in [-0.4, -0.2) is 29.9 Å². The number of hydrogen-bond donors (Lipinski definition) is 0. The molecule has 0 N–H and O–H groups in total. The average molecular weight is 356 g/mol. The first-order valence-electron chi connectivity index (χ1n) is 8.02. The molecule has 0 radical (unpaired) electrons. The Hall–Kier alpha value is -4.14. The van der Waals surface area contributed by atoms with E-state index in [9.17, 15) is 0 Å². The zero-order valence-electron chi connectivity index (χ0n) is 13.5. The minimum absolute atomic E-state index is 0.365. The van der Waals surface area contributed by atoms with Gasteiger partial charge >= 0.3 is 0 Å². The Kier molecular flexibility index (Phi) is 2.70. The fourth-order valence-corrected chi connectivity index (χ4v) is 2.82. The van der Waals surface area contributed by atoms with Gasteiger partial charge in [-0.25, -0.2) is 24.9 Å². The first-order chi connectivity index (χ1) is 13.3. The summed E-state index contributed by atoms with van der Waals surface area (Å²) in [6.07, 6.45) is 6.22. The molecule has 0 spiro atoms. The summed E-state index contributed by atoms with van der Waals surface area (Å²) in [5.74, 6) is 0.759. The summed E-state index contributed by atoms with van der Waals surface area (Å²) in [7, 11) is 0. The first-order valence-corrected chi connectivity index (χ1v) is 8.02. The zero-order valence-corrected chi connectivity index (χ0v) is 13.5. The molecule has 27 heavy (non-hydrogen) atoms. The summed E-state index contributed by atoms with van der Waals surface area (Å²) in [6.45, 7) is 0. The van der Waals surface area contributed by atoms with Gasteiger partial charge in [-0.3, -0.25) is 4.98 Å². The highest BCUT2D eigenvalue weighted by molar-refractivity contribution is 5.80. The fourth-order valence-electron chi connectivity index (χ4n) is 2.82. The zero-order chi connectivity index (χ0) is 17.8. The van der Waals surface area contributed by atoms with Crippen molar-refractivity contribution in [1.29, 1.82) is 0 Å². The van der Waals surface area contributed by atoms with Gasteiger partial charge in [0, 0.05) is 12.3 Å². The van der Waals surface area contributed by atoms with Crippen molar-refractivity contribution < 1.29 is 13.3 Å². The maximum absolute atomic E-state index is 5.77. The molecule has 0 saturated heterocycles. The van der Waals surface area contributed by atoms with E-state index in [4.69, 9.17) is 13.3 Å². The minimum atomic E-state index is 0.365. The van der Waals surface area contributed by atoms with Crippen molar-refractivity contribution in [3.05, 3.63) is 49.2 Å². The number of rotatable bonds is 2. The molecule has 0 aliphatic heterocycles. The lowest BCUT2D eigenvalue weighted by Gasteiger charge is -1.92. The SMILES string of the molecule is c1cc2oc(-c3cc4nc(-c5ccc6ncoc6n5)oc4cn3)nc2cn1. The van der Waals surface area contributed by atoms with Crippen molar-refractivity contribution in [3.63, 3.8) is 0 Å². The lowest BCUT2D eigenvalue weighted by molar-refractivity contribution is 0.587. The number of oxazole rings is 3. The van der Waals surface area contributed by atoms with Gasteiger partial charge in [-0.2, -0.15) is 0 Å². The van der Waals surface area contributed by atoms with Crippen LogP contribution in [0.5, 0.6) is 0 Å². The standard InChI is InChI=1S/C18H8N6O3/c1-2-10(22-16-9(1)21-8-25-16)17-23-11-5-12(20-7-15(11)27-17)18-24-13-6-19-4-3-14(13)26-18/h1-8H. The van der Waals surface area contributed by atoms with E-state index in [1.807, 2.05) is 0 Å². The second-order valence-corrected chi connectivity index (χ2v) is 5.79. The minimum Gasteiger partial charge on any atom is -0.435 e. The van der Waals surface area contributed by atoms with E-state index in [0.29, 0.717) is 56.6 Å². The summed E-state index contributed by atoms with van der Waals surface area (Å²) in [4.78, 5) is 25.7. The van der Waals surface area contributed by atoms with E-state index in [2.05, 4.69) is 29.9 Å². The highest BCUT2D eigenvalue weighted by Gasteiger charge is 2.15. The molecule has 6 aromatic heterocycles. The van der Waals surface area contributed by atoms with Crippen LogP contribution in [0.15, 0.2) is 62.5 Å². The highest BCUT2D eigenvalue weighted by Crippen LogP contribution is 2.28. The maximum Gasteiger partial charge on any atom is 0.247 e. The van der Waals surface area contributed by atoms with Crippen LogP contribution in [-0.2, 0) is 0 Å². The van der Waals surface area contributed by atoms with Gasteiger partial charge in [0.15, 0.2) is 17.6 Å². The van der Waals surface area contributed by atoms with Crippen molar-refractivity contribution in [2.24, 2.45) is 0 Å². The maximum atomic E-state index is 5.77. The normalized spacial score (nSPS) is 11.7. The first kappa shape index (κ1) is 14.1. The van der Waals surface area contributed by atoms with Crippen molar-refractivity contribution in [1.82, 2.24) is 29.9 Å². The number of aromatic nitrogens is 6. The predicted octanol–water partition coefficient (Wildman–Crippen LogP) is 3.63.